The van der Waals surface area contributed by atoms with E-state index in [2.05, 4.69) is 15.3 Å². The minimum Gasteiger partial charge on any atom is -0.374 e. The fourth-order valence-electron chi connectivity index (χ4n) is 1.92. The van der Waals surface area contributed by atoms with E-state index < -0.39 is 0 Å². The van der Waals surface area contributed by atoms with Gasteiger partial charge in [0, 0.05) is 18.2 Å². The molecule has 0 saturated heterocycles. The van der Waals surface area contributed by atoms with E-state index >= 15 is 0 Å². The molecule has 2 aromatic rings. The van der Waals surface area contributed by atoms with E-state index in [-0.39, 0.29) is 11.9 Å². The number of anilines is 1. The van der Waals surface area contributed by atoms with Crippen LogP contribution >= 0.6 is 11.6 Å². The van der Waals surface area contributed by atoms with E-state index in [0.717, 1.165) is 0 Å². The Bertz CT molecular complexity index is 609. The highest BCUT2D eigenvalue weighted by Crippen LogP contribution is 2.22. The molecule has 1 aromatic carbocycles. The summed E-state index contributed by atoms with van der Waals surface area (Å²) in [6.45, 7) is 4.62. The van der Waals surface area contributed by atoms with E-state index in [1.807, 2.05) is 13.8 Å². The van der Waals surface area contributed by atoms with Crippen molar-refractivity contribution in [2.24, 2.45) is 0 Å². The van der Waals surface area contributed by atoms with Gasteiger partial charge in [0.1, 0.15) is 23.4 Å². The van der Waals surface area contributed by atoms with Crippen LogP contribution in [0.3, 0.4) is 0 Å². The Kier molecular flexibility index (Phi) is 5.47. The monoisotopic (exact) mass is 309 g/mol. The van der Waals surface area contributed by atoms with Crippen LogP contribution in [0.2, 0.25) is 5.15 Å². The van der Waals surface area contributed by atoms with E-state index in [1.54, 1.807) is 24.3 Å². The number of hydrogen-bond donors (Lipinski definition) is 1. The van der Waals surface area contributed by atoms with E-state index in [1.165, 1.54) is 6.07 Å². The molecule has 1 unspecified atom stereocenters. The summed E-state index contributed by atoms with van der Waals surface area (Å²) in [5.74, 6) is 0.778. The highest BCUT2D eigenvalue weighted by Gasteiger charge is 2.12. The molecular weight excluding hydrogens is 293 g/mol. The van der Waals surface area contributed by atoms with Crippen LogP contribution in [0, 0.1) is 5.82 Å². The maximum atomic E-state index is 13.7. The van der Waals surface area contributed by atoms with Crippen molar-refractivity contribution >= 4 is 17.4 Å². The van der Waals surface area contributed by atoms with Crippen LogP contribution in [0.1, 0.15) is 31.3 Å². The summed E-state index contributed by atoms with van der Waals surface area (Å²) in [4.78, 5) is 8.40. The van der Waals surface area contributed by atoms with Crippen molar-refractivity contribution in [2.45, 2.75) is 26.5 Å². The van der Waals surface area contributed by atoms with Crippen molar-refractivity contribution in [3.63, 3.8) is 0 Å². The highest BCUT2D eigenvalue weighted by atomic mass is 35.5. The molecule has 0 aliphatic rings. The Morgan fingerprint density at radius 2 is 2.10 bits per heavy atom. The van der Waals surface area contributed by atoms with E-state index in [9.17, 15) is 4.39 Å². The third-order valence-electron chi connectivity index (χ3n) is 2.91. The van der Waals surface area contributed by atoms with Gasteiger partial charge in [-0.25, -0.2) is 14.4 Å². The number of nitrogens with zero attached hydrogens (tertiary/aromatic N) is 2. The predicted molar refractivity (Wildman–Crippen MR) is 80.8 cm³/mol. The fraction of sp³-hybridized carbons (Fsp3) is 0.333. The summed E-state index contributed by atoms with van der Waals surface area (Å²) in [5.41, 5.74) is 0.568. The number of ether oxygens (including phenoxy) is 1. The Balaban J connectivity index is 2.15. The van der Waals surface area contributed by atoms with Crippen molar-refractivity contribution in [1.29, 1.82) is 0 Å². The zero-order chi connectivity index (χ0) is 15.2. The molecule has 0 radical (unpaired) electrons. The van der Waals surface area contributed by atoms with Crippen LogP contribution < -0.4 is 5.32 Å². The molecule has 0 amide bonds. The lowest BCUT2D eigenvalue weighted by atomic mass is 10.1. The molecule has 1 heterocycles. The first kappa shape index (κ1) is 15.7. The molecule has 112 valence electrons. The largest absolute Gasteiger partial charge is 0.374 e. The van der Waals surface area contributed by atoms with Gasteiger partial charge in [0.15, 0.2) is 5.82 Å². The fourth-order valence-corrected chi connectivity index (χ4v) is 2.12. The topological polar surface area (TPSA) is 47.0 Å². The van der Waals surface area contributed by atoms with Gasteiger partial charge in [0.05, 0.1) is 6.04 Å². The Morgan fingerprint density at radius 1 is 1.33 bits per heavy atom. The molecular formula is C15H17ClFN3O. The first-order valence-corrected chi connectivity index (χ1v) is 7.10. The molecule has 1 N–H and O–H groups in total. The first-order valence-electron chi connectivity index (χ1n) is 6.72. The van der Waals surface area contributed by atoms with Crippen LogP contribution in [0.15, 0.2) is 30.3 Å². The van der Waals surface area contributed by atoms with Gasteiger partial charge in [-0.3, -0.25) is 0 Å². The zero-order valence-corrected chi connectivity index (χ0v) is 12.7. The molecule has 0 aliphatic carbocycles. The van der Waals surface area contributed by atoms with Crippen molar-refractivity contribution in [1.82, 2.24) is 9.97 Å². The summed E-state index contributed by atoms with van der Waals surface area (Å²) in [5, 5.41) is 3.45. The molecule has 0 spiro atoms. The number of aromatic nitrogens is 2. The Labute approximate surface area is 128 Å². The minimum absolute atomic E-state index is 0.239. The lowest BCUT2D eigenvalue weighted by molar-refractivity contribution is 0.128. The summed E-state index contributed by atoms with van der Waals surface area (Å²) in [6, 6.07) is 7.99. The third-order valence-corrected chi connectivity index (χ3v) is 3.11. The predicted octanol–water partition coefficient (Wildman–Crippen LogP) is 3.98. The summed E-state index contributed by atoms with van der Waals surface area (Å²) < 4.78 is 19.0. The van der Waals surface area contributed by atoms with Crippen LogP contribution in [0.25, 0.3) is 0 Å². The lowest BCUT2D eigenvalue weighted by Crippen LogP contribution is -2.11. The SMILES string of the molecule is CCOCc1nc(Cl)cc(NC(C)c2ccccc2F)n1. The lowest BCUT2D eigenvalue weighted by Gasteiger charge is -2.16. The second kappa shape index (κ2) is 7.33. The van der Waals surface area contributed by atoms with Crippen molar-refractivity contribution in [3.8, 4) is 0 Å². The maximum absolute atomic E-state index is 13.7. The zero-order valence-electron chi connectivity index (χ0n) is 11.9. The van der Waals surface area contributed by atoms with Crippen molar-refractivity contribution in [3.05, 3.63) is 52.7 Å². The van der Waals surface area contributed by atoms with Crippen molar-refractivity contribution in [2.75, 3.05) is 11.9 Å². The normalized spacial score (nSPS) is 12.2. The smallest absolute Gasteiger partial charge is 0.158 e. The quantitative estimate of drug-likeness (QED) is 0.820. The second-order valence-corrected chi connectivity index (χ2v) is 4.90. The molecule has 4 nitrogen and oxygen atoms in total. The van der Waals surface area contributed by atoms with Gasteiger partial charge in [-0.2, -0.15) is 0 Å². The molecule has 0 saturated carbocycles. The summed E-state index contributed by atoms with van der Waals surface area (Å²) >= 11 is 5.97. The van der Waals surface area contributed by atoms with Gasteiger partial charge in [-0.15, -0.1) is 0 Å². The van der Waals surface area contributed by atoms with E-state index in [0.29, 0.717) is 35.6 Å². The standard InChI is InChI=1S/C15H17ClFN3O/c1-3-21-9-15-19-13(16)8-14(20-15)18-10(2)11-6-4-5-7-12(11)17/h4-8,10H,3,9H2,1-2H3,(H,18,19,20). The first-order chi connectivity index (χ1) is 10.1. The average Bonchev–Trinajstić information content (AvgIpc) is 2.45. The molecule has 0 bridgehead atoms. The second-order valence-electron chi connectivity index (χ2n) is 4.52. The summed E-state index contributed by atoms with van der Waals surface area (Å²) in [7, 11) is 0. The molecule has 2 rings (SSSR count). The number of benzene rings is 1. The van der Waals surface area contributed by atoms with Crippen LogP contribution in [-0.4, -0.2) is 16.6 Å². The van der Waals surface area contributed by atoms with Gasteiger partial charge in [0.25, 0.3) is 0 Å². The molecule has 1 aromatic heterocycles. The molecule has 1 atom stereocenters. The Hall–Kier alpha value is -1.72. The number of rotatable bonds is 6. The average molecular weight is 310 g/mol. The number of nitrogens with one attached hydrogen (secondary N) is 1. The van der Waals surface area contributed by atoms with E-state index in [4.69, 9.17) is 16.3 Å². The van der Waals surface area contributed by atoms with Gasteiger partial charge in [-0.1, -0.05) is 29.8 Å². The summed E-state index contributed by atoms with van der Waals surface area (Å²) in [6.07, 6.45) is 0. The third kappa shape index (κ3) is 4.37. The minimum atomic E-state index is -0.257. The number of halogens is 2. The van der Waals surface area contributed by atoms with Gasteiger partial charge < -0.3 is 10.1 Å². The van der Waals surface area contributed by atoms with Crippen LogP contribution in [-0.2, 0) is 11.3 Å². The highest BCUT2D eigenvalue weighted by molar-refractivity contribution is 6.29. The van der Waals surface area contributed by atoms with Gasteiger partial charge >= 0.3 is 0 Å². The van der Waals surface area contributed by atoms with Gasteiger partial charge in [-0.05, 0) is 19.9 Å². The van der Waals surface area contributed by atoms with Crippen LogP contribution in [0.4, 0.5) is 10.2 Å². The number of hydrogen-bond acceptors (Lipinski definition) is 4. The molecule has 0 aliphatic heterocycles. The molecule has 21 heavy (non-hydrogen) atoms. The van der Waals surface area contributed by atoms with Crippen LogP contribution in [0.5, 0.6) is 0 Å². The van der Waals surface area contributed by atoms with Gasteiger partial charge in [0.2, 0.25) is 0 Å². The Morgan fingerprint density at radius 3 is 2.81 bits per heavy atom. The maximum Gasteiger partial charge on any atom is 0.158 e. The van der Waals surface area contributed by atoms with Crippen molar-refractivity contribution < 1.29 is 9.13 Å². The molecule has 0 fully saturated rings. The molecule has 6 heteroatoms.